The van der Waals surface area contributed by atoms with Crippen molar-refractivity contribution in [2.75, 3.05) is 6.54 Å². The van der Waals surface area contributed by atoms with Gasteiger partial charge in [0.1, 0.15) is 0 Å². The first-order valence-electron chi connectivity index (χ1n) is 4.51. The molecule has 2 nitrogen and oxygen atoms in total. The zero-order valence-corrected chi connectivity index (χ0v) is 7.86. The fourth-order valence-electron chi connectivity index (χ4n) is 1.16. The molecule has 0 aliphatic carbocycles. The molecule has 0 atom stereocenters. The van der Waals surface area contributed by atoms with Crippen LogP contribution in [0.3, 0.4) is 0 Å². The molecule has 0 N–H and O–H groups in total. The lowest BCUT2D eigenvalue weighted by Gasteiger charge is -1.99. The number of rotatable bonds is 4. The second kappa shape index (κ2) is 5.36. The summed E-state index contributed by atoms with van der Waals surface area (Å²) in [5.41, 5.74) is 1.31. The van der Waals surface area contributed by atoms with Crippen molar-refractivity contribution in [3.63, 3.8) is 0 Å². The summed E-state index contributed by atoms with van der Waals surface area (Å²) >= 11 is 0. The highest BCUT2D eigenvalue weighted by molar-refractivity contribution is 5.72. The van der Waals surface area contributed by atoms with Crippen LogP contribution in [-0.2, 0) is 11.2 Å². The zero-order valence-electron chi connectivity index (χ0n) is 7.86. The lowest BCUT2D eigenvalue weighted by atomic mass is 10.1. The molecule has 0 saturated carbocycles. The molecule has 0 saturated heterocycles. The van der Waals surface area contributed by atoms with Gasteiger partial charge in [-0.3, -0.25) is 10.1 Å². The molecule has 13 heavy (non-hydrogen) atoms. The molecule has 0 fully saturated rings. The van der Waals surface area contributed by atoms with Crippen LogP contribution in [0.5, 0.6) is 0 Å². The van der Waals surface area contributed by atoms with Crippen molar-refractivity contribution in [1.82, 2.24) is 5.32 Å². The van der Waals surface area contributed by atoms with Gasteiger partial charge in [0.2, 0.25) is 5.91 Å². The molecule has 0 spiro atoms. The molecule has 0 heterocycles. The first-order valence-corrected chi connectivity index (χ1v) is 4.51. The van der Waals surface area contributed by atoms with Gasteiger partial charge in [-0.25, -0.2) is 0 Å². The minimum absolute atomic E-state index is 0.0759. The van der Waals surface area contributed by atoms with Crippen LogP contribution in [0.2, 0.25) is 0 Å². The monoisotopic (exact) mass is 176 g/mol. The zero-order chi connectivity index (χ0) is 9.52. The van der Waals surface area contributed by atoms with E-state index in [9.17, 15) is 4.79 Å². The van der Waals surface area contributed by atoms with Crippen LogP contribution in [-0.4, -0.2) is 12.5 Å². The fourth-order valence-corrected chi connectivity index (χ4v) is 1.16. The van der Waals surface area contributed by atoms with Crippen molar-refractivity contribution in [3.8, 4) is 0 Å². The van der Waals surface area contributed by atoms with E-state index < -0.39 is 0 Å². The Morgan fingerprint density at radius 3 is 2.62 bits per heavy atom. The van der Waals surface area contributed by atoms with Crippen LogP contribution >= 0.6 is 0 Å². The van der Waals surface area contributed by atoms with Crippen LogP contribution in [0.1, 0.15) is 18.9 Å². The molecule has 69 valence electrons. The van der Waals surface area contributed by atoms with Crippen LogP contribution in [0.15, 0.2) is 30.3 Å². The Morgan fingerprint density at radius 2 is 2.00 bits per heavy atom. The quantitative estimate of drug-likeness (QED) is 0.643. The van der Waals surface area contributed by atoms with Gasteiger partial charge in [-0.1, -0.05) is 30.3 Å². The lowest BCUT2D eigenvalue weighted by Crippen LogP contribution is -2.12. The molecule has 0 aliphatic rings. The highest BCUT2D eigenvalue weighted by Crippen LogP contribution is 2.01. The van der Waals surface area contributed by atoms with Gasteiger partial charge in [0, 0.05) is 13.5 Å². The maximum absolute atomic E-state index is 10.5. The van der Waals surface area contributed by atoms with Crippen molar-refractivity contribution < 1.29 is 4.79 Å². The van der Waals surface area contributed by atoms with Crippen LogP contribution in [0.4, 0.5) is 0 Å². The molecular formula is C11H14NO. The highest BCUT2D eigenvalue weighted by Gasteiger charge is 1.94. The number of nitrogens with zero attached hydrogens (tertiary/aromatic N) is 1. The van der Waals surface area contributed by atoms with E-state index in [0.717, 1.165) is 12.8 Å². The summed E-state index contributed by atoms with van der Waals surface area (Å²) in [6.45, 7) is 2.13. The van der Waals surface area contributed by atoms with Gasteiger partial charge in [0.05, 0.1) is 0 Å². The number of benzene rings is 1. The van der Waals surface area contributed by atoms with Crippen molar-refractivity contribution in [3.05, 3.63) is 35.9 Å². The number of amides is 1. The Bertz CT molecular complexity index is 256. The van der Waals surface area contributed by atoms with Gasteiger partial charge >= 0.3 is 0 Å². The average Bonchev–Trinajstić information content (AvgIpc) is 2.14. The van der Waals surface area contributed by atoms with Gasteiger partial charge in [-0.2, -0.15) is 0 Å². The Kier molecular flexibility index (Phi) is 4.03. The van der Waals surface area contributed by atoms with Gasteiger partial charge in [0.15, 0.2) is 0 Å². The van der Waals surface area contributed by atoms with Crippen molar-refractivity contribution in [2.24, 2.45) is 0 Å². The fraction of sp³-hybridized carbons (Fsp3) is 0.364. The predicted molar refractivity (Wildman–Crippen MR) is 52.4 cm³/mol. The van der Waals surface area contributed by atoms with Gasteiger partial charge in [-0.05, 0) is 18.4 Å². The number of aryl methyl sites for hydroxylation is 1. The van der Waals surface area contributed by atoms with Crippen molar-refractivity contribution in [2.45, 2.75) is 19.8 Å². The largest absolute Gasteiger partial charge is 0.273 e. The van der Waals surface area contributed by atoms with Crippen LogP contribution in [0, 0.1) is 0 Å². The summed E-state index contributed by atoms with van der Waals surface area (Å²) in [5, 5.41) is 3.80. The Balaban J connectivity index is 2.17. The molecule has 0 unspecified atom stereocenters. The number of hydrogen-bond acceptors (Lipinski definition) is 1. The van der Waals surface area contributed by atoms with E-state index in [0.29, 0.717) is 6.54 Å². The molecule has 0 bridgehead atoms. The molecule has 1 aromatic carbocycles. The SMILES string of the molecule is CC(=O)[N]CCCc1ccccc1. The Morgan fingerprint density at radius 1 is 1.31 bits per heavy atom. The molecule has 1 aromatic rings. The summed E-state index contributed by atoms with van der Waals surface area (Å²) in [6.07, 6.45) is 1.95. The normalized spacial score (nSPS) is 9.62. The molecular weight excluding hydrogens is 162 g/mol. The minimum atomic E-state index is -0.0759. The molecule has 1 radical (unpaired) electrons. The van der Waals surface area contributed by atoms with Gasteiger partial charge < -0.3 is 0 Å². The summed E-state index contributed by atoms with van der Waals surface area (Å²) in [5.74, 6) is -0.0759. The number of carbonyl (C=O) groups is 1. The smallest absolute Gasteiger partial charge is 0.238 e. The maximum atomic E-state index is 10.5. The second-order valence-corrected chi connectivity index (χ2v) is 2.99. The summed E-state index contributed by atoms with van der Waals surface area (Å²) in [6, 6.07) is 10.2. The minimum Gasteiger partial charge on any atom is -0.273 e. The van der Waals surface area contributed by atoms with Crippen LogP contribution in [0.25, 0.3) is 0 Å². The summed E-state index contributed by atoms with van der Waals surface area (Å²) in [4.78, 5) is 10.5. The molecule has 0 aromatic heterocycles. The molecule has 0 aliphatic heterocycles. The summed E-state index contributed by atoms with van der Waals surface area (Å²) < 4.78 is 0. The average molecular weight is 176 g/mol. The second-order valence-electron chi connectivity index (χ2n) is 2.99. The Hall–Kier alpha value is -1.31. The number of hydrogen-bond donors (Lipinski definition) is 0. The van der Waals surface area contributed by atoms with Crippen molar-refractivity contribution in [1.29, 1.82) is 0 Å². The third-order valence-electron chi connectivity index (χ3n) is 1.80. The van der Waals surface area contributed by atoms with Gasteiger partial charge in [0.25, 0.3) is 0 Å². The molecule has 1 amide bonds. The molecule has 1 rings (SSSR count). The maximum Gasteiger partial charge on any atom is 0.238 e. The van der Waals surface area contributed by atoms with Crippen LogP contribution < -0.4 is 5.32 Å². The Labute approximate surface area is 79.0 Å². The van der Waals surface area contributed by atoms with Gasteiger partial charge in [-0.15, -0.1) is 0 Å². The first-order chi connectivity index (χ1) is 6.29. The van der Waals surface area contributed by atoms with E-state index in [1.807, 2.05) is 18.2 Å². The topological polar surface area (TPSA) is 31.2 Å². The first kappa shape index (κ1) is 9.78. The standard InChI is InChI=1S/C11H14NO/c1-10(13)12-9-5-8-11-6-3-2-4-7-11/h2-4,6-7H,5,8-9H2,1H3. The van der Waals surface area contributed by atoms with E-state index in [2.05, 4.69) is 17.4 Å². The van der Waals surface area contributed by atoms with E-state index in [-0.39, 0.29) is 5.91 Å². The number of carbonyl (C=O) groups excluding carboxylic acids is 1. The van der Waals surface area contributed by atoms with E-state index in [1.54, 1.807) is 0 Å². The van der Waals surface area contributed by atoms with Crippen molar-refractivity contribution >= 4 is 5.91 Å². The predicted octanol–water partition coefficient (Wildman–Crippen LogP) is 1.77. The molecule has 2 heteroatoms. The third kappa shape index (κ3) is 4.31. The van der Waals surface area contributed by atoms with E-state index in [4.69, 9.17) is 0 Å². The third-order valence-corrected chi connectivity index (χ3v) is 1.80. The van der Waals surface area contributed by atoms with E-state index in [1.165, 1.54) is 12.5 Å². The highest BCUT2D eigenvalue weighted by atomic mass is 16.1. The summed E-state index contributed by atoms with van der Waals surface area (Å²) in [7, 11) is 0. The lowest BCUT2D eigenvalue weighted by molar-refractivity contribution is -0.119. The van der Waals surface area contributed by atoms with E-state index >= 15 is 0 Å².